The van der Waals surface area contributed by atoms with Gasteiger partial charge in [-0.05, 0) is 19.1 Å². The van der Waals surface area contributed by atoms with Gasteiger partial charge in [-0.25, -0.2) is 10.4 Å². The van der Waals surface area contributed by atoms with Crippen molar-refractivity contribution in [1.29, 1.82) is 0 Å². The molecule has 1 aromatic heterocycles. The Balaban J connectivity index is 1.94. The summed E-state index contributed by atoms with van der Waals surface area (Å²) in [5, 5.41) is 13.9. The highest BCUT2D eigenvalue weighted by Crippen LogP contribution is 2.26. The van der Waals surface area contributed by atoms with Crippen LogP contribution in [0.2, 0.25) is 0 Å². The van der Waals surface area contributed by atoms with Crippen LogP contribution < -0.4 is 16.2 Å². The van der Waals surface area contributed by atoms with Gasteiger partial charge in [-0.1, -0.05) is 0 Å². The number of nitrogens with zero attached hydrogens (tertiary/aromatic N) is 3. The predicted octanol–water partition coefficient (Wildman–Crippen LogP) is 0.776. The molecule has 3 rings (SSSR count). The Labute approximate surface area is 144 Å². The standard InChI is InChI=1S/C15H20N6O4/c1-10(20-5-7-24-8-6-20)11-9-12(18-15(17-11)19-16-2)13-3-4-14(25-13)21(22)23/h3-4,9,16H,5-8H2,1-2H3,(H2,17,18,19). The van der Waals surface area contributed by atoms with E-state index in [1.54, 1.807) is 13.1 Å². The fourth-order valence-corrected chi connectivity index (χ4v) is 2.61. The van der Waals surface area contributed by atoms with E-state index in [0.717, 1.165) is 24.5 Å². The van der Waals surface area contributed by atoms with Gasteiger partial charge in [0.15, 0.2) is 5.76 Å². The molecule has 10 heteroatoms. The lowest BCUT2D eigenvalue weighted by Gasteiger charge is -2.30. The molecule has 0 bridgehead atoms. The van der Waals surface area contributed by atoms with Gasteiger partial charge < -0.3 is 19.4 Å². The average Bonchev–Trinajstić information content (AvgIpc) is 3.12. The number of hydrogen-bond donors (Lipinski definition) is 3. The summed E-state index contributed by atoms with van der Waals surface area (Å²) in [4.78, 5) is 17.0. The molecule has 3 heterocycles. The van der Waals surface area contributed by atoms with Crippen molar-refractivity contribution in [3.8, 4) is 0 Å². The molecule has 0 unspecified atom stereocenters. The molecule has 1 fully saturated rings. The van der Waals surface area contributed by atoms with Gasteiger partial charge in [0.25, 0.3) is 0 Å². The molecule has 0 saturated carbocycles. The van der Waals surface area contributed by atoms with Crippen LogP contribution in [0.15, 0.2) is 39.0 Å². The lowest BCUT2D eigenvalue weighted by atomic mass is 10.2. The van der Waals surface area contributed by atoms with Crippen LogP contribution in [0.4, 0.5) is 5.88 Å². The molecule has 0 aromatic carbocycles. The first-order valence-corrected chi connectivity index (χ1v) is 7.87. The summed E-state index contributed by atoms with van der Waals surface area (Å²) < 4.78 is 10.7. The number of guanidine groups is 1. The largest absolute Gasteiger partial charge is 0.433 e. The van der Waals surface area contributed by atoms with Crippen molar-refractivity contribution in [3.05, 3.63) is 45.5 Å². The van der Waals surface area contributed by atoms with Gasteiger partial charge in [-0.2, -0.15) is 0 Å². The number of nitro groups is 1. The highest BCUT2D eigenvalue weighted by atomic mass is 16.6. The fraction of sp³-hybridized carbons (Fsp3) is 0.400. The van der Waals surface area contributed by atoms with E-state index in [9.17, 15) is 10.1 Å². The van der Waals surface area contributed by atoms with Crippen LogP contribution in [0.3, 0.4) is 0 Å². The summed E-state index contributed by atoms with van der Waals surface area (Å²) in [7, 11) is 1.72. The van der Waals surface area contributed by atoms with Crippen molar-refractivity contribution < 1.29 is 14.1 Å². The predicted molar refractivity (Wildman–Crippen MR) is 91.2 cm³/mol. The van der Waals surface area contributed by atoms with Crippen molar-refractivity contribution in [2.75, 3.05) is 33.4 Å². The van der Waals surface area contributed by atoms with E-state index in [1.165, 1.54) is 6.07 Å². The van der Waals surface area contributed by atoms with Crippen LogP contribution >= 0.6 is 0 Å². The minimum Gasteiger partial charge on any atom is -0.399 e. The number of aliphatic imine (C=N–C) groups is 1. The van der Waals surface area contributed by atoms with Crippen LogP contribution in [-0.2, 0) is 4.74 Å². The highest BCUT2D eigenvalue weighted by Gasteiger charge is 2.21. The van der Waals surface area contributed by atoms with Gasteiger partial charge in [-0.15, -0.1) is 0 Å². The molecule has 1 saturated heterocycles. The molecule has 1 aromatic rings. The third-order valence-corrected chi connectivity index (χ3v) is 3.90. The van der Waals surface area contributed by atoms with E-state index in [4.69, 9.17) is 9.15 Å². The number of rotatable bonds is 4. The fourth-order valence-electron chi connectivity index (χ4n) is 2.61. The molecular weight excluding hydrogens is 328 g/mol. The summed E-state index contributed by atoms with van der Waals surface area (Å²) >= 11 is 0. The Bertz CT molecular complexity index is 745. The molecule has 134 valence electrons. The SMILES string of the molecule is CNNC1=NC(=C(C)N2CCOCC2)C=C(c2ccc([N+](=O)[O-])o2)N1. The molecule has 3 N–H and O–H groups in total. The van der Waals surface area contributed by atoms with E-state index in [1.807, 2.05) is 13.0 Å². The molecular formula is C15H20N6O4. The first kappa shape index (κ1) is 17.0. The lowest BCUT2D eigenvalue weighted by Crippen LogP contribution is -2.44. The summed E-state index contributed by atoms with van der Waals surface area (Å²) in [5.74, 6) is 0.532. The quantitative estimate of drug-likeness (QED) is 0.540. The number of nitrogens with one attached hydrogen (secondary N) is 3. The Kier molecular flexibility index (Phi) is 5.00. The maximum atomic E-state index is 10.8. The minimum absolute atomic E-state index is 0.307. The average molecular weight is 348 g/mol. The van der Waals surface area contributed by atoms with Crippen LogP contribution in [0.25, 0.3) is 5.70 Å². The van der Waals surface area contributed by atoms with Crippen molar-refractivity contribution in [2.45, 2.75) is 6.92 Å². The normalized spacial score (nSPS) is 19.7. The molecule has 0 radical (unpaired) electrons. The summed E-state index contributed by atoms with van der Waals surface area (Å²) in [6.07, 6.45) is 1.81. The van der Waals surface area contributed by atoms with Gasteiger partial charge in [0.1, 0.15) is 4.92 Å². The van der Waals surface area contributed by atoms with Gasteiger partial charge in [-0.3, -0.25) is 15.5 Å². The monoisotopic (exact) mass is 348 g/mol. The Morgan fingerprint density at radius 3 is 2.80 bits per heavy atom. The van der Waals surface area contributed by atoms with Gasteiger partial charge >= 0.3 is 5.88 Å². The van der Waals surface area contributed by atoms with Crippen molar-refractivity contribution in [1.82, 2.24) is 21.1 Å². The van der Waals surface area contributed by atoms with Crippen LogP contribution in [0.1, 0.15) is 12.7 Å². The molecule has 25 heavy (non-hydrogen) atoms. The van der Waals surface area contributed by atoms with E-state index in [2.05, 4.69) is 26.1 Å². The second kappa shape index (κ2) is 7.36. The molecule has 0 amide bonds. The van der Waals surface area contributed by atoms with Gasteiger partial charge in [0.05, 0.1) is 30.7 Å². The number of morpholine rings is 1. The second-order valence-electron chi connectivity index (χ2n) is 5.48. The van der Waals surface area contributed by atoms with Crippen LogP contribution in [0, 0.1) is 10.1 Å². The summed E-state index contributed by atoms with van der Waals surface area (Å²) in [6.45, 7) is 4.93. The highest BCUT2D eigenvalue weighted by molar-refractivity contribution is 5.92. The zero-order valence-corrected chi connectivity index (χ0v) is 14.0. The first-order chi connectivity index (χ1) is 12.1. The van der Waals surface area contributed by atoms with Crippen LogP contribution in [-0.4, -0.2) is 49.1 Å². The van der Waals surface area contributed by atoms with Gasteiger partial charge in [0.2, 0.25) is 5.96 Å². The van der Waals surface area contributed by atoms with Crippen LogP contribution in [0.5, 0.6) is 0 Å². The lowest BCUT2D eigenvalue weighted by molar-refractivity contribution is -0.402. The van der Waals surface area contributed by atoms with E-state index >= 15 is 0 Å². The minimum atomic E-state index is -0.566. The smallest absolute Gasteiger partial charge is 0.399 e. The number of furan rings is 1. The van der Waals surface area contributed by atoms with Crippen molar-refractivity contribution in [3.63, 3.8) is 0 Å². The molecule has 0 spiro atoms. The molecule has 2 aliphatic rings. The van der Waals surface area contributed by atoms with Crippen molar-refractivity contribution in [2.24, 2.45) is 4.99 Å². The third kappa shape index (κ3) is 3.80. The number of hydrazine groups is 1. The zero-order valence-electron chi connectivity index (χ0n) is 14.0. The Hall–Kier alpha value is -2.85. The number of ether oxygens (including phenoxy) is 1. The number of hydrogen-bond acceptors (Lipinski definition) is 9. The van der Waals surface area contributed by atoms with E-state index in [-0.39, 0.29) is 5.88 Å². The Morgan fingerprint density at radius 1 is 1.40 bits per heavy atom. The third-order valence-electron chi connectivity index (χ3n) is 3.90. The maximum absolute atomic E-state index is 10.8. The Morgan fingerprint density at radius 2 is 2.16 bits per heavy atom. The maximum Gasteiger partial charge on any atom is 0.433 e. The summed E-state index contributed by atoms with van der Waals surface area (Å²) in [5.41, 5.74) is 8.03. The van der Waals surface area contributed by atoms with Gasteiger partial charge in [0, 0.05) is 25.8 Å². The molecule has 10 nitrogen and oxygen atoms in total. The molecule has 0 atom stereocenters. The van der Waals surface area contributed by atoms with E-state index < -0.39 is 4.92 Å². The molecule has 0 aliphatic carbocycles. The van der Waals surface area contributed by atoms with E-state index in [0.29, 0.717) is 30.6 Å². The topological polar surface area (TPSA) is 117 Å². The zero-order chi connectivity index (χ0) is 17.8. The first-order valence-electron chi connectivity index (χ1n) is 7.87. The van der Waals surface area contributed by atoms with Crippen molar-refractivity contribution >= 4 is 17.5 Å². The number of allylic oxidation sites excluding steroid dienone is 2. The molecule has 2 aliphatic heterocycles. The summed E-state index contributed by atoms with van der Waals surface area (Å²) in [6, 6.07) is 2.88. The second-order valence-corrected chi connectivity index (χ2v) is 5.48.